The van der Waals surface area contributed by atoms with Gasteiger partial charge in [0, 0.05) is 0 Å². The molecule has 6 rings (SSSR count). The molecule has 0 N–H and O–H groups in total. The van der Waals surface area contributed by atoms with Crippen molar-refractivity contribution >= 4 is 72.7 Å². The first kappa shape index (κ1) is 69.3. The average Bonchev–Trinajstić information content (AvgIpc) is 4.35. The highest BCUT2D eigenvalue weighted by atomic mass is 19.4. The Morgan fingerprint density at radius 2 is 0.659 bits per heavy atom. The summed E-state index contributed by atoms with van der Waals surface area (Å²) in [5.74, 6) is 4.64. The van der Waals surface area contributed by atoms with Crippen LogP contribution >= 0.6 is 0 Å². The lowest BCUT2D eigenvalue weighted by molar-refractivity contribution is -0.209. The van der Waals surface area contributed by atoms with Crippen molar-refractivity contribution in [1.82, 2.24) is 0 Å². The van der Waals surface area contributed by atoms with E-state index in [1.165, 1.54) is 26.4 Å². The van der Waals surface area contributed by atoms with Gasteiger partial charge in [-0.3, -0.25) is 0 Å². The van der Waals surface area contributed by atoms with Crippen LogP contribution in [0.15, 0.2) is 25.3 Å². The normalized spacial score (nSPS) is 25.5. The van der Waals surface area contributed by atoms with Gasteiger partial charge in [-0.25, -0.2) is 57.5 Å². The molecule has 0 amide bonds. The summed E-state index contributed by atoms with van der Waals surface area (Å²) >= 11 is 0. The summed E-state index contributed by atoms with van der Waals surface area (Å²) in [7, 11) is 3.25. The zero-order chi connectivity index (χ0) is 62.7. The van der Waals surface area contributed by atoms with E-state index in [-0.39, 0.29) is 13.2 Å². The van der Waals surface area contributed by atoms with E-state index in [1.54, 1.807) is 0 Å². The van der Waals surface area contributed by atoms with Crippen LogP contribution in [0.1, 0.15) is 0 Å². The van der Waals surface area contributed by atoms with Crippen LogP contribution in [0, 0.1) is 61.7 Å². The molecule has 6 saturated heterocycles. The molecule has 12 atom stereocenters. The minimum absolute atomic E-state index is 0.170. The van der Waals surface area contributed by atoms with Gasteiger partial charge < -0.3 is 85.3 Å². The van der Waals surface area contributed by atoms with Crippen LogP contribution < -0.4 is 0 Å². The van der Waals surface area contributed by atoms with Gasteiger partial charge in [0.15, 0.2) is 32.0 Å². The smallest absolute Gasteiger partial charge is 0.466 e. The molecule has 0 saturated carbocycles. The molecule has 6 aliphatic heterocycles. The third kappa shape index (κ3) is 21.3. The number of terminal acetylenes is 5. The summed E-state index contributed by atoms with van der Waals surface area (Å²) in [5, 5.41) is 0. The lowest BCUT2D eigenvalue weighted by Gasteiger charge is -2.16. The topological polar surface area (TPSA) is 371 Å². The number of carbonyl (C=O) groups is 12. The highest BCUT2D eigenvalue weighted by Gasteiger charge is 2.59. The summed E-state index contributed by atoms with van der Waals surface area (Å²) in [6.07, 6.45) is -7.14. The predicted octanol–water partition coefficient (Wildman–Crippen LogP) is 1.15. The Balaban J connectivity index is 0.000000493. The third-order valence-electron chi connectivity index (χ3n) is 8.72. The van der Waals surface area contributed by atoms with E-state index in [0.29, 0.717) is 0 Å². The number of cyclic esters (lactones) is 12. The fourth-order valence-electron chi connectivity index (χ4n) is 5.23. The average molecular weight is 1180 g/mol. The van der Waals surface area contributed by atoms with Gasteiger partial charge >= 0.3 is 85.1 Å². The predicted molar refractivity (Wildman–Crippen MR) is 236 cm³/mol. The summed E-state index contributed by atoms with van der Waals surface area (Å²) in [6, 6.07) is 0. The van der Waals surface area contributed by atoms with Crippen LogP contribution in [-0.2, 0) is 114 Å². The molecule has 0 aromatic carbocycles. The van der Waals surface area contributed by atoms with E-state index < -0.39 is 165 Å². The van der Waals surface area contributed by atoms with E-state index in [1.807, 2.05) is 5.92 Å². The van der Waals surface area contributed by atoms with Crippen LogP contribution in [0.5, 0.6) is 0 Å². The van der Waals surface area contributed by atoms with Crippen LogP contribution in [0.2, 0.25) is 0 Å². The van der Waals surface area contributed by atoms with Gasteiger partial charge in [-0.05, 0) is 12.2 Å². The molecular weight excluding hydrogens is 1150 g/mol. The maximum Gasteiger partial charge on any atom is 0.510 e. The van der Waals surface area contributed by atoms with Crippen molar-refractivity contribution in [3.8, 4) is 61.7 Å². The molecule has 0 radical (unpaired) electrons. The van der Waals surface area contributed by atoms with Crippen LogP contribution in [0.25, 0.3) is 0 Å². The number of rotatable bonds is 11. The first-order chi connectivity index (χ1) is 38.5. The van der Waals surface area contributed by atoms with Gasteiger partial charge in [-0.2, -0.15) is 26.3 Å². The molecule has 6 heterocycles. The van der Waals surface area contributed by atoms with Crippen molar-refractivity contribution in [1.29, 1.82) is 0 Å². The van der Waals surface area contributed by atoms with Gasteiger partial charge in [-0.1, -0.05) is 42.8 Å². The van der Waals surface area contributed by atoms with E-state index in [4.69, 9.17) is 32.1 Å². The number of hydrogen-bond acceptors (Lipinski definition) is 30. The zero-order valence-electron chi connectivity index (χ0n) is 41.5. The zero-order valence-corrected chi connectivity index (χ0v) is 41.5. The van der Waals surface area contributed by atoms with E-state index in [2.05, 4.69) is 122 Å². The number of alkyl halides is 6. The van der Waals surface area contributed by atoms with Gasteiger partial charge in [0.1, 0.15) is 0 Å². The molecule has 444 valence electrons. The molecule has 6 aliphatic rings. The summed E-state index contributed by atoms with van der Waals surface area (Å²) in [5.41, 5.74) is 0. The van der Waals surface area contributed by atoms with E-state index in [9.17, 15) is 83.9 Å². The van der Waals surface area contributed by atoms with Crippen LogP contribution in [0.4, 0.5) is 55.1 Å². The van der Waals surface area contributed by atoms with Gasteiger partial charge in [0.2, 0.25) is 61.0 Å². The summed E-state index contributed by atoms with van der Waals surface area (Å²) in [4.78, 5) is 129. The van der Waals surface area contributed by atoms with Crippen molar-refractivity contribution in [3.63, 3.8) is 0 Å². The maximum atomic E-state index is 12.3. The second-order valence-corrected chi connectivity index (χ2v) is 13.9. The number of ether oxygens (including phenoxy) is 18. The molecule has 6 fully saturated rings. The fraction of sp³-hybridized carbons (Fsp3) is 0.435. The molecule has 36 heteroatoms. The van der Waals surface area contributed by atoms with E-state index >= 15 is 0 Å². The second-order valence-electron chi connectivity index (χ2n) is 13.9. The van der Waals surface area contributed by atoms with Crippen LogP contribution in [0.3, 0.4) is 0 Å². The highest BCUT2D eigenvalue weighted by molar-refractivity contribution is 5.84. The number of carbonyl (C=O) groups excluding carboxylic acids is 12. The monoisotopic (exact) mass is 1180 g/mol. The lowest BCUT2D eigenvalue weighted by atomic mass is 10.2. The molecule has 0 aromatic rings. The number of hydrogen-bond donors (Lipinski definition) is 0. The first-order valence-corrected chi connectivity index (χ1v) is 21.1. The summed E-state index contributed by atoms with van der Waals surface area (Å²) < 4.78 is 151. The van der Waals surface area contributed by atoms with Crippen molar-refractivity contribution in [2.45, 2.75) is 85.6 Å². The Kier molecular flexibility index (Phi) is 27.8. The summed E-state index contributed by atoms with van der Waals surface area (Å²) in [6.45, 7) is 5.87. The quantitative estimate of drug-likeness (QED) is 0.0920. The Hall–Kier alpha value is -10.7. The van der Waals surface area contributed by atoms with Crippen molar-refractivity contribution in [3.05, 3.63) is 25.3 Å². The second kappa shape index (κ2) is 32.9. The largest absolute Gasteiger partial charge is 0.510 e. The Bertz CT molecular complexity index is 2630. The molecule has 0 spiro atoms. The molecule has 0 aromatic heterocycles. The molecule has 0 aliphatic carbocycles. The fourth-order valence-corrected chi connectivity index (χ4v) is 5.23. The third-order valence-corrected chi connectivity index (χ3v) is 8.72. The van der Waals surface area contributed by atoms with Crippen LogP contribution in [-0.4, -0.2) is 199 Å². The minimum atomic E-state index is -4.91. The molecule has 12 unspecified atom stereocenters. The van der Waals surface area contributed by atoms with Gasteiger partial charge in [0.25, 0.3) is 0 Å². The minimum Gasteiger partial charge on any atom is -0.466 e. The van der Waals surface area contributed by atoms with Crippen molar-refractivity contribution in [2.75, 3.05) is 41.2 Å². The van der Waals surface area contributed by atoms with Crippen molar-refractivity contribution < 1.29 is 169 Å². The molecule has 0 bridgehead atoms. The highest BCUT2D eigenvalue weighted by Crippen LogP contribution is 2.33. The number of esters is 6. The Labute approximate surface area is 455 Å². The standard InChI is InChI=1S/C9H8O5.C9H6O5.C8H5F3O5.C7H8O5.C7H6O5.C6H5F3O5/c2*1-3-5-12-8(10)7-6(4-2)13-9(11)14-7;1-2-3-14-6(12)4-5(8(9,10)11)16-7(13)15-4;2*1-3-4-5(6(8)10-2)12-7(9)11-4;1-12-4(10)2-3(6(7,8)9)14-5(11)13-2/h1,4,6-7H,2,5H2;1-2,6-7H,5H2;1,4-5H,3H2;3-5H,1H2,2H3;1,4-5H,2H3;2-3H,1H3. The number of halogens is 6. The van der Waals surface area contributed by atoms with Crippen molar-refractivity contribution in [2.24, 2.45) is 0 Å². The lowest BCUT2D eigenvalue weighted by Crippen LogP contribution is -2.42. The molecular formula is C46H38F6O30. The van der Waals surface area contributed by atoms with Gasteiger partial charge in [-0.15, -0.1) is 32.1 Å². The molecule has 82 heavy (non-hydrogen) atoms. The molecule has 30 nitrogen and oxygen atoms in total. The van der Waals surface area contributed by atoms with Gasteiger partial charge in [0.05, 0.1) is 21.3 Å². The maximum absolute atomic E-state index is 12.3. The number of methoxy groups -OCH3 is 3. The van der Waals surface area contributed by atoms with E-state index in [0.717, 1.165) is 7.11 Å². The first-order valence-electron chi connectivity index (χ1n) is 21.1. The Morgan fingerprint density at radius 3 is 0.976 bits per heavy atom. The SMILES string of the molecule is C#CC1OC(=O)OC1C(=O)OC.C#CCOC(=O)C1OC(=O)OC1C#C.C#CCOC(=O)C1OC(=O)OC1C(F)(F)F.C#CCOC(=O)C1OC(=O)OC1C=C.C=CC1OC(=O)OC1C(=O)OC.COC(=O)C1OC(=O)OC1C(F)(F)F. The Morgan fingerprint density at radius 1 is 0.415 bits per heavy atom.